The second-order valence-corrected chi connectivity index (χ2v) is 10.3. The van der Waals surface area contributed by atoms with Crippen LogP contribution in [0.2, 0.25) is 0 Å². The first-order chi connectivity index (χ1) is 12.9. The van der Waals surface area contributed by atoms with Crippen molar-refractivity contribution in [3.05, 3.63) is 70.3 Å². The SMILES string of the molecule is CC(C)c1ccc(C(C)(C)C)cc1C(C)C.CC(C)c1ccccc1C(C)C. The molecule has 0 N–H and O–H groups in total. The van der Waals surface area contributed by atoms with Gasteiger partial charge in [-0.05, 0) is 56.9 Å². The molecule has 0 aliphatic carbocycles. The molecule has 0 heteroatoms. The summed E-state index contributed by atoms with van der Waals surface area (Å²) in [4.78, 5) is 0. The van der Waals surface area contributed by atoms with E-state index in [0.29, 0.717) is 23.7 Å². The van der Waals surface area contributed by atoms with E-state index in [1.807, 2.05) is 0 Å². The fraction of sp³-hybridized carbons (Fsp3) is 0.571. The Balaban J connectivity index is 0.000000292. The smallest absolute Gasteiger partial charge is 0.0132 e. The van der Waals surface area contributed by atoms with Gasteiger partial charge in [-0.3, -0.25) is 0 Å². The minimum absolute atomic E-state index is 0.249. The highest BCUT2D eigenvalue weighted by atomic mass is 14.2. The third-order valence-corrected chi connectivity index (χ3v) is 5.44. The molecule has 0 amide bonds. The van der Waals surface area contributed by atoms with E-state index in [0.717, 1.165) is 0 Å². The summed E-state index contributed by atoms with van der Waals surface area (Å²) in [5, 5.41) is 0. The number of hydrogen-bond acceptors (Lipinski definition) is 0. The summed E-state index contributed by atoms with van der Waals surface area (Å²) in [5.74, 6) is 2.51. The summed E-state index contributed by atoms with van der Waals surface area (Å²) in [6, 6.07) is 15.7. The molecule has 0 saturated heterocycles. The van der Waals surface area contributed by atoms with Crippen LogP contribution in [-0.2, 0) is 5.41 Å². The zero-order valence-electron chi connectivity index (χ0n) is 20.4. The van der Waals surface area contributed by atoms with Gasteiger partial charge in [0.2, 0.25) is 0 Å². The van der Waals surface area contributed by atoms with Crippen LogP contribution in [0.3, 0.4) is 0 Å². The molecule has 0 aliphatic rings. The van der Waals surface area contributed by atoms with E-state index in [1.165, 1.54) is 27.8 Å². The van der Waals surface area contributed by atoms with Crippen molar-refractivity contribution in [2.75, 3.05) is 0 Å². The molecule has 0 aromatic heterocycles. The summed E-state index contributed by atoms with van der Waals surface area (Å²) in [6.45, 7) is 25.0. The molecular weight excluding hydrogens is 336 g/mol. The van der Waals surface area contributed by atoms with E-state index in [4.69, 9.17) is 0 Å². The Morgan fingerprint density at radius 3 is 1.18 bits per heavy atom. The van der Waals surface area contributed by atoms with Crippen molar-refractivity contribution in [2.45, 2.75) is 105 Å². The van der Waals surface area contributed by atoms with Crippen molar-refractivity contribution in [1.82, 2.24) is 0 Å². The van der Waals surface area contributed by atoms with E-state index in [9.17, 15) is 0 Å². The number of hydrogen-bond donors (Lipinski definition) is 0. The van der Waals surface area contributed by atoms with Gasteiger partial charge < -0.3 is 0 Å². The second-order valence-electron chi connectivity index (χ2n) is 10.3. The van der Waals surface area contributed by atoms with Gasteiger partial charge in [0.15, 0.2) is 0 Å². The third kappa shape index (κ3) is 6.80. The predicted molar refractivity (Wildman–Crippen MR) is 128 cm³/mol. The van der Waals surface area contributed by atoms with Crippen LogP contribution in [0.5, 0.6) is 0 Å². The lowest BCUT2D eigenvalue weighted by atomic mass is 9.81. The molecule has 2 rings (SSSR count). The fourth-order valence-corrected chi connectivity index (χ4v) is 3.63. The lowest BCUT2D eigenvalue weighted by Crippen LogP contribution is -2.12. The van der Waals surface area contributed by atoms with Gasteiger partial charge in [0.1, 0.15) is 0 Å². The highest BCUT2D eigenvalue weighted by molar-refractivity contribution is 5.38. The number of rotatable bonds is 4. The molecule has 0 nitrogen and oxygen atoms in total. The first-order valence-corrected chi connectivity index (χ1v) is 11.1. The molecule has 28 heavy (non-hydrogen) atoms. The highest BCUT2D eigenvalue weighted by Gasteiger charge is 2.17. The maximum atomic E-state index is 2.40. The van der Waals surface area contributed by atoms with E-state index in [-0.39, 0.29) is 5.41 Å². The van der Waals surface area contributed by atoms with Crippen LogP contribution in [0, 0.1) is 0 Å². The largest absolute Gasteiger partial charge is 0.0620 e. The zero-order valence-corrected chi connectivity index (χ0v) is 20.4. The van der Waals surface area contributed by atoms with Gasteiger partial charge in [-0.2, -0.15) is 0 Å². The van der Waals surface area contributed by atoms with Crippen LogP contribution >= 0.6 is 0 Å². The summed E-state index contributed by atoms with van der Waals surface area (Å²) in [6.07, 6.45) is 0. The molecule has 0 saturated carbocycles. The first kappa shape index (κ1) is 24.5. The quantitative estimate of drug-likeness (QED) is 0.496. The average Bonchev–Trinajstić information content (AvgIpc) is 2.60. The third-order valence-electron chi connectivity index (χ3n) is 5.44. The molecule has 0 bridgehead atoms. The fourth-order valence-electron chi connectivity index (χ4n) is 3.63. The molecular formula is C28H44. The summed E-state index contributed by atoms with van der Waals surface area (Å²) in [5.41, 5.74) is 7.70. The standard InChI is InChI=1S/C16H26.C12H18/c1-11(2)14-9-8-13(16(5,6)7)10-15(14)12(3)4;1-9(2)11-7-5-6-8-12(11)10(3)4/h8-12H,1-7H3;5-10H,1-4H3. The van der Waals surface area contributed by atoms with Gasteiger partial charge in [0.25, 0.3) is 0 Å². The minimum atomic E-state index is 0.249. The van der Waals surface area contributed by atoms with Crippen LogP contribution in [0.15, 0.2) is 42.5 Å². The van der Waals surface area contributed by atoms with Crippen molar-refractivity contribution >= 4 is 0 Å². The summed E-state index contributed by atoms with van der Waals surface area (Å²) in [7, 11) is 0. The predicted octanol–water partition coefficient (Wildman–Crippen LogP) is 9.16. The van der Waals surface area contributed by atoms with Gasteiger partial charge in [0, 0.05) is 0 Å². The topological polar surface area (TPSA) is 0 Å². The number of benzene rings is 2. The molecule has 0 fully saturated rings. The van der Waals surface area contributed by atoms with Crippen molar-refractivity contribution in [2.24, 2.45) is 0 Å². The molecule has 0 radical (unpaired) electrons. The molecule has 0 unspecified atom stereocenters. The minimum Gasteiger partial charge on any atom is -0.0620 e. The van der Waals surface area contributed by atoms with Gasteiger partial charge in [-0.1, -0.05) is 119 Å². The maximum Gasteiger partial charge on any atom is -0.0132 e. The van der Waals surface area contributed by atoms with Gasteiger partial charge in [-0.15, -0.1) is 0 Å². The van der Waals surface area contributed by atoms with Crippen molar-refractivity contribution < 1.29 is 0 Å². The zero-order chi connectivity index (χ0) is 21.6. The molecule has 2 aromatic carbocycles. The maximum absolute atomic E-state index is 2.40. The van der Waals surface area contributed by atoms with E-state index in [2.05, 4.69) is 119 Å². The molecule has 0 spiro atoms. The van der Waals surface area contributed by atoms with Crippen molar-refractivity contribution in [3.63, 3.8) is 0 Å². The van der Waals surface area contributed by atoms with Crippen LogP contribution in [0.1, 0.15) is 128 Å². The Hall–Kier alpha value is -1.56. The summed E-state index contributed by atoms with van der Waals surface area (Å²) < 4.78 is 0. The van der Waals surface area contributed by atoms with E-state index in [1.54, 1.807) is 0 Å². The van der Waals surface area contributed by atoms with Crippen LogP contribution in [0.4, 0.5) is 0 Å². The lowest BCUT2D eigenvalue weighted by Gasteiger charge is -2.24. The lowest BCUT2D eigenvalue weighted by molar-refractivity contribution is 0.587. The molecule has 0 aliphatic heterocycles. The van der Waals surface area contributed by atoms with E-state index < -0.39 is 0 Å². The second kappa shape index (κ2) is 10.3. The van der Waals surface area contributed by atoms with Gasteiger partial charge >= 0.3 is 0 Å². The Bertz CT molecular complexity index is 697. The Morgan fingerprint density at radius 1 is 0.500 bits per heavy atom. The Morgan fingerprint density at radius 2 is 0.857 bits per heavy atom. The van der Waals surface area contributed by atoms with Crippen LogP contribution < -0.4 is 0 Å². The van der Waals surface area contributed by atoms with Crippen molar-refractivity contribution in [3.8, 4) is 0 Å². The van der Waals surface area contributed by atoms with Crippen LogP contribution in [-0.4, -0.2) is 0 Å². The van der Waals surface area contributed by atoms with Crippen LogP contribution in [0.25, 0.3) is 0 Å². The molecule has 0 heterocycles. The average molecular weight is 381 g/mol. The monoisotopic (exact) mass is 380 g/mol. The molecule has 0 atom stereocenters. The van der Waals surface area contributed by atoms with Crippen molar-refractivity contribution in [1.29, 1.82) is 0 Å². The molecule has 156 valence electrons. The van der Waals surface area contributed by atoms with Gasteiger partial charge in [-0.25, -0.2) is 0 Å². The normalized spacial score (nSPS) is 12.0. The van der Waals surface area contributed by atoms with Gasteiger partial charge in [0.05, 0.1) is 0 Å². The highest BCUT2D eigenvalue weighted by Crippen LogP contribution is 2.31. The Labute approximate surface area is 175 Å². The Kier molecular flexibility index (Phi) is 8.99. The first-order valence-electron chi connectivity index (χ1n) is 11.1. The summed E-state index contributed by atoms with van der Waals surface area (Å²) >= 11 is 0. The molecule has 2 aromatic rings. The van der Waals surface area contributed by atoms with E-state index >= 15 is 0 Å².